The van der Waals surface area contributed by atoms with Gasteiger partial charge in [0.05, 0.1) is 6.54 Å². The first-order valence-electron chi connectivity index (χ1n) is 11.0. The minimum atomic E-state index is -0.978. The highest BCUT2D eigenvalue weighted by atomic mass is 19.2. The molecule has 6 nitrogen and oxygen atoms in total. The van der Waals surface area contributed by atoms with Gasteiger partial charge >= 0.3 is 6.03 Å². The van der Waals surface area contributed by atoms with Gasteiger partial charge < -0.3 is 15.1 Å². The van der Waals surface area contributed by atoms with E-state index in [2.05, 4.69) is 10.2 Å². The zero-order chi connectivity index (χ0) is 21.1. The molecule has 4 rings (SSSR count). The molecule has 0 radical (unpaired) electrons. The maximum absolute atomic E-state index is 13.4. The van der Waals surface area contributed by atoms with Gasteiger partial charge in [-0.1, -0.05) is 0 Å². The van der Waals surface area contributed by atoms with Gasteiger partial charge in [0.15, 0.2) is 11.6 Å². The summed E-state index contributed by atoms with van der Waals surface area (Å²) >= 11 is 0. The number of nitrogens with one attached hydrogen (secondary N) is 1. The minimum Gasteiger partial charge on any atom is -0.342 e. The zero-order valence-electron chi connectivity index (χ0n) is 17.3. The SMILES string of the molecule is O=C(CN1CCCC2(CCCN(C(=O)Nc3ccc(F)c(F)c3)C2)C1)N1CCCC1. The number of benzene rings is 1. The van der Waals surface area contributed by atoms with Gasteiger partial charge in [-0.15, -0.1) is 0 Å². The van der Waals surface area contributed by atoms with Crippen LogP contribution in [0.5, 0.6) is 0 Å². The van der Waals surface area contributed by atoms with Crippen LogP contribution in [-0.4, -0.2) is 72.5 Å². The fourth-order valence-corrected chi connectivity index (χ4v) is 5.19. The molecule has 3 fully saturated rings. The van der Waals surface area contributed by atoms with E-state index in [0.717, 1.165) is 76.8 Å². The number of hydrogen-bond acceptors (Lipinski definition) is 3. The van der Waals surface area contributed by atoms with E-state index < -0.39 is 11.6 Å². The molecule has 0 aromatic heterocycles. The molecule has 1 aromatic rings. The number of hydrogen-bond donors (Lipinski definition) is 1. The third-order valence-corrected chi connectivity index (χ3v) is 6.68. The molecule has 1 aromatic carbocycles. The first-order valence-corrected chi connectivity index (χ1v) is 11.0. The van der Waals surface area contributed by atoms with Gasteiger partial charge in [0.1, 0.15) is 0 Å². The Hall–Kier alpha value is -2.22. The van der Waals surface area contributed by atoms with Crippen molar-refractivity contribution in [1.29, 1.82) is 0 Å². The molecule has 1 unspecified atom stereocenters. The first kappa shape index (κ1) is 21.0. The van der Waals surface area contributed by atoms with E-state index in [1.54, 1.807) is 4.90 Å². The monoisotopic (exact) mass is 420 g/mol. The topological polar surface area (TPSA) is 55.9 Å². The van der Waals surface area contributed by atoms with Gasteiger partial charge in [0, 0.05) is 49.9 Å². The van der Waals surface area contributed by atoms with E-state index in [4.69, 9.17) is 0 Å². The van der Waals surface area contributed by atoms with Crippen molar-refractivity contribution in [3.63, 3.8) is 0 Å². The number of amides is 3. The highest BCUT2D eigenvalue weighted by Gasteiger charge is 2.41. The van der Waals surface area contributed by atoms with E-state index in [0.29, 0.717) is 19.6 Å². The quantitative estimate of drug-likeness (QED) is 0.817. The predicted octanol–water partition coefficient (Wildman–Crippen LogP) is 3.30. The molecule has 0 saturated carbocycles. The summed E-state index contributed by atoms with van der Waals surface area (Å²) in [6.07, 6.45) is 6.19. The summed E-state index contributed by atoms with van der Waals surface area (Å²) in [4.78, 5) is 31.3. The molecule has 3 aliphatic heterocycles. The number of likely N-dealkylation sites (tertiary alicyclic amines) is 3. The normalized spacial score (nSPS) is 25.0. The molecule has 30 heavy (non-hydrogen) atoms. The van der Waals surface area contributed by atoms with E-state index in [1.165, 1.54) is 6.07 Å². The Morgan fingerprint density at radius 1 is 0.900 bits per heavy atom. The van der Waals surface area contributed by atoms with Crippen molar-refractivity contribution < 1.29 is 18.4 Å². The van der Waals surface area contributed by atoms with Crippen LogP contribution < -0.4 is 5.32 Å². The van der Waals surface area contributed by atoms with Crippen molar-refractivity contribution in [2.75, 3.05) is 51.1 Å². The third kappa shape index (κ3) is 4.74. The molecule has 3 aliphatic rings. The third-order valence-electron chi connectivity index (χ3n) is 6.68. The lowest BCUT2D eigenvalue weighted by Gasteiger charge is -2.48. The Kier molecular flexibility index (Phi) is 6.22. The Morgan fingerprint density at radius 2 is 1.60 bits per heavy atom. The molecule has 1 N–H and O–H groups in total. The van der Waals surface area contributed by atoms with Crippen molar-refractivity contribution in [2.45, 2.75) is 38.5 Å². The Bertz CT molecular complexity index is 795. The molecule has 3 saturated heterocycles. The molecule has 8 heteroatoms. The number of halogens is 2. The lowest BCUT2D eigenvalue weighted by molar-refractivity contribution is -0.132. The van der Waals surface area contributed by atoms with E-state index in [1.807, 2.05) is 4.90 Å². The van der Waals surface area contributed by atoms with Gasteiger partial charge in [-0.25, -0.2) is 13.6 Å². The smallest absolute Gasteiger partial charge is 0.321 e. The summed E-state index contributed by atoms with van der Waals surface area (Å²) in [6, 6.07) is 3.09. The fourth-order valence-electron chi connectivity index (χ4n) is 5.19. The predicted molar refractivity (Wildman–Crippen MR) is 110 cm³/mol. The molecule has 0 aliphatic carbocycles. The largest absolute Gasteiger partial charge is 0.342 e. The second-order valence-electron chi connectivity index (χ2n) is 8.99. The van der Waals surface area contributed by atoms with Crippen LogP contribution in [0, 0.1) is 17.0 Å². The van der Waals surface area contributed by atoms with Crippen LogP contribution in [0.2, 0.25) is 0 Å². The maximum Gasteiger partial charge on any atom is 0.321 e. The average molecular weight is 421 g/mol. The minimum absolute atomic E-state index is 0.00677. The average Bonchev–Trinajstić information content (AvgIpc) is 3.26. The van der Waals surface area contributed by atoms with Crippen LogP contribution in [0.25, 0.3) is 0 Å². The number of carbonyl (C=O) groups excluding carboxylic acids is 2. The van der Waals surface area contributed by atoms with Crippen LogP contribution in [0.15, 0.2) is 18.2 Å². The number of urea groups is 1. The van der Waals surface area contributed by atoms with Crippen LogP contribution in [-0.2, 0) is 4.79 Å². The van der Waals surface area contributed by atoms with Crippen LogP contribution >= 0.6 is 0 Å². The van der Waals surface area contributed by atoms with Crippen LogP contribution in [0.4, 0.5) is 19.3 Å². The van der Waals surface area contributed by atoms with Gasteiger partial charge in [-0.3, -0.25) is 9.69 Å². The van der Waals surface area contributed by atoms with Crippen LogP contribution in [0.3, 0.4) is 0 Å². The standard InChI is InChI=1S/C22H30F2N4O2/c23-18-6-5-17(13-19(18)24)25-21(30)28-12-4-8-22(16-28)7-3-9-26(15-22)14-20(29)27-10-1-2-11-27/h5-6,13H,1-4,7-12,14-16H2,(H,25,30). The summed E-state index contributed by atoms with van der Waals surface area (Å²) in [5.41, 5.74) is 0.243. The summed E-state index contributed by atoms with van der Waals surface area (Å²) in [6.45, 7) is 5.21. The summed E-state index contributed by atoms with van der Waals surface area (Å²) < 4.78 is 26.6. The van der Waals surface area contributed by atoms with E-state index in [-0.39, 0.29) is 23.0 Å². The molecule has 3 amide bonds. The maximum atomic E-state index is 13.4. The van der Waals surface area contributed by atoms with E-state index in [9.17, 15) is 18.4 Å². The highest BCUT2D eigenvalue weighted by molar-refractivity contribution is 5.89. The van der Waals surface area contributed by atoms with Crippen molar-refractivity contribution >= 4 is 17.6 Å². The fraction of sp³-hybridized carbons (Fsp3) is 0.636. The molecule has 3 heterocycles. The number of rotatable bonds is 3. The number of piperidine rings is 2. The first-order chi connectivity index (χ1) is 14.4. The van der Waals surface area contributed by atoms with Crippen LogP contribution in [0.1, 0.15) is 38.5 Å². The van der Waals surface area contributed by atoms with Gasteiger partial charge in [-0.2, -0.15) is 0 Å². The number of anilines is 1. The lowest BCUT2D eigenvalue weighted by atomic mass is 9.74. The van der Waals surface area contributed by atoms with Gasteiger partial charge in [0.25, 0.3) is 0 Å². The summed E-state index contributed by atoms with van der Waals surface area (Å²) in [7, 11) is 0. The number of nitrogens with zero attached hydrogens (tertiary/aromatic N) is 3. The Balaban J connectivity index is 1.36. The van der Waals surface area contributed by atoms with Crippen molar-refractivity contribution in [1.82, 2.24) is 14.7 Å². The summed E-state index contributed by atoms with van der Waals surface area (Å²) in [5.74, 6) is -1.70. The second-order valence-corrected chi connectivity index (χ2v) is 8.99. The Labute approximate surface area is 176 Å². The Morgan fingerprint density at radius 3 is 2.33 bits per heavy atom. The van der Waals surface area contributed by atoms with Gasteiger partial charge in [0.2, 0.25) is 5.91 Å². The number of carbonyl (C=O) groups is 2. The van der Waals surface area contributed by atoms with Crippen molar-refractivity contribution in [3.8, 4) is 0 Å². The van der Waals surface area contributed by atoms with Crippen molar-refractivity contribution in [2.24, 2.45) is 5.41 Å². The second kappa shape index (κ2) is 8.88. The zero-order valence-corrected chi connectivity index (χ0v) is 17.3. The summed E-state index contributed by atoms with van der Waals surface area (Å²) in [5, 5.41) is 2.69. The molecular formula is C22H30F2N4O2. The van der Waals surface area contributed by atoms with E-state index >= 15 is 0 Å². The molecule has 1 atom stereocenters. The molecule has 0 bridgehead atoms. The molecular weight excluding hydrogens is 390 g/mol. The van der Waals surface area contributed by atoms with Crippen molar-refractivity contribution in [3.05, 3.63) is 29.8 Å². The molecule has 164 valence electrons. The highest BCUT2D eigenvalue weighted by Crippen LogP contribution is 2.38. The van der Waals surface area contributed by atoms with Gasteiger partial charge in [-0.05, 0) is 57.2 Å². The lowest BCUT2D eigenvalue weighted by Crippen LogP contribution is -2.55. The molecule has 1 spiro atoms.